The fourth-order valence-corrected chi connectivity index (χ4v) is 3.67. The first-order valence-corrected chi connectivity index (χ1v) is 7.84. The normalized spacial score (nSPS) is 8.13. The molecule has 0 bridgehead atoms. The molecule has 0 aliphatic carbocycles. The molecule has 0 aromatic carbocycles. The fourth-order valence-electron chi connectivity index (χ4n) is 1.31. The first-order valence-electron chi connectivity index (χ1n) is 5.22. The van der Waals surface area contributed by atoms with Gasteiger partial charge in [-0.25, -0.2) is 0 Å². The van der Waals surface area contributed by atoms with Gasteiger partial charge in [0.25, 0.3) is 0 Å². The summed E-state index contributed by atoms with van der Waals surface area (Å²) in [6, 6.07) is 3.60. The third kappa shape index (κ3) is 5.03. The lowest BCUT2D eigenvalue weighted by molar-refractivity contribution is 1.20. The molecule has 0 aliphatic rings. The van der Waals surface area contributed by atoms with Crippen LogP contribution in [0.2, 0.25) is 18.1 Å². The van der Waals surface area contributed by atoms with Crippen LogP contribution in [0.3, 0.4) is 0 Å². The highest BCUT2D eigenvalue weighted by atomic mass is 28.3. The van der Waals surface area contributed by atoms with Gasteiger partial charge in [0.05, 0.1) is 0 Å². The SMILES string of the molecule is C#CC#CC#CC#C[Si](CC)(CC)CC. The van der Waals surface area contributed by atoms with Gasteiger partial charge in [-0.05, 0) is 53.7 Å². The standard InChI is InChI=1S/C14H16Si/c1-5-9-10-11-12-13-14-15(6-2,7-3)8-4/h1H,6-8H2,2-4H3. The minimum atomic E-state index is -1.34. The number of terminal acetylenes is 1. The minimum Gasteiger partial charge on any atom is -0.117 e. The molecule has 0 N–H and O–H groups in total. The van der Waals surface area contributed by atoms with E-state index in [2.05, 4.69) is 61.8 Å². The minimum absolute atomic E-state index is 1.20. The molecule has 0 aromatic heterocycles. The predicted octanol–water partition coefficient (Wildman–Crippen LogP) is 2.68. The Morgan fingerprint density at radius 1 is 0.800 bits per heavy atom. The Morgan fingerprint density at radius 3 is 1.73 bits per heavy atom. The molecule has 0 aliphatic heterocycles. The van der Waals surface area contributed by atoms with Gasteiger partial charge < -0.3 is 0 Å². The van der Waals surface area contributed by atoms with E-state index in [9.17, 15) is 0 Å². The molecule has 0 saturated heterocycles. The molecule has 0 unspecified atom stereocenters. The molecule has 0 spiro atoms. The zero-order valence-electron chi connectivity index (χ0n) is 9.70. The van der Waals surface area contributed by atoms with Crippen molar-refractivity contribution < 1.29 is 0 Å². The van der Waals surface area contributed by atoms with Crippen molar-refractivity contribution in [3.05, 3.63) is 0 Å². The molecule has 15 heavy (non-hydrogen) atoms. The quantitative estimate of drug-likeness (QED) is 0.498. The van der Waals surface area contributed by atoms with Gasteiger partial charge in [-0.3, -0.25) is 0 Å². The fraction of sp³-hybridized carbons (Fsp3) is 0.429. The average Bonchev–Trinajstić information content (AvgIpc) is 2.29. The largest absolute Gasteiger partial charge is 0.139 e. The van der Waals surface area contributed by atoms with Crippen molar-refractivity contribution in [3.63, 3.8) is 0 Å². The van der Waals surface area contributed by atoms with Crippen LogP contribution in [0.25, 0.3) is 0 Å². The highest BCUT2D eigenvalue weighted by Crippen LogP contribution is 2.18. The summed E-state index contributed by atoms with van der Waals surface area (Å²) in [4.78, 5) is 0. The van der Waals surface area contributed by atoms with Gasteiger partial charge in [0.2, 0.25) is 0 Å². The molecule has 0 atom stereocenters. The van der Waals surface area contributed by atoms with Crippen LogP contribution in [0.5, 0.6) is 0 Å². The van der Waals surface area contributed by atoms with E-state index in [0.717, 1.165) is 0 Å². The highest BCUT2D eigenvalue weighted by Gasteiger charge is 2.23. The van der Waals surface area contributed by atoms with Gasteiger partial charge >= 0.3 is 0 Å². The third-order valence-corrected chi connectivity index (χ3v) is 7.40. The van der Waals surface area contributed by atoms with Crippen molar-refractivity contribution in [1.29, 1.82) is 0 Å². The average molecular weight is 212 g/mol. The van der Waals surface area contributed by atoms with E-state index in [1.54, 1.807) is 0 Å². The Morgan fingerprint density at radius 2 is 1.27 bits per heavy atom. The summed E-state index contributed by atoms with van der Waals surface area (Å²) in [7, 11) is -1.34. The second kappa shape index (κ2) is 7.82. The van der Waals surface area contributed by atoms with Crippen molar-refractivity contribution in [3.8, 4) is 47.5 Å². The lowest BCUT2D eigenvalue weighted by Crippen LogP contribution is -2.29. The van der Waals surface area contributed by atoms with E-state index in [1.165, 1.54) is 18.1 Å². The summed E-state index contributed by atoms with van der Waals surface area (Å²) in [6.45, 7) is 6.67. The molecule has 0 saturated carbocycles. The van der Waals surface area contributed by atoms with Crippen LogP contribution in [0.4, 0.5) is 0 Å². The van der Waals surface area contributed by atoms with Crippen molar-refractivity contribution >= 4 is 8.07 Å². The van der Waals surface area contributed by atoms with Crippen LogP contribution < -0.4 is 0 Å². The molecule has 0 rings (SSSR count). The van der Waals surface area contributed by atoms with Crippen molar-refractivity contribution in [1.82, 2.24) is 0 Å². The zero-order chi connectivity index (χ0) is 11.6. The predicted molar refractivity (Wildman–Crippen MR) is 69.4 cm³/mol. The molecule has 0 amide bonds. The van der Waals surface area contributed by atoms with Gasteiger partial charge in [-0.15, -0.1) is 12.0 Å². The van der Waals surface area contributed by atoms with E-state index in [-0.39, 0.29) is 0 Å². The van der Waals surface area contributed by atoms with E-state index in [1.807, 2.05) is 0 Å². The number of rotatable bonds is 3. The molecular formula is C14H16Si. The summed E-state index contributed by atoms with van der Waals surface area (Å²) >= 11 is 0. The molecule has 1 heteroatoms. The molecule has 0 heterocycles. The van der Waals surface area contributed by atoms with Gasteiger partial charge in [0.1, 0.15) is 8.07 Å². The van der Waals surface area contributed by atoms with E-state index < -0.39 is 8.07 Å². The highest BCUT2D eigenvalue weighted by molar-refractivity contribution is 6.87. The molecule has 76 valence electrons. The second-order valence-electron chi connectivity index (χ2n) is 3.24. The Bertz CT molecular complexity index is 392. The maximum atomic E-state index is 4.96. The van der Waals surface area contributed by atoms with Crippen molar-refractivity contribution in [2.45, 2.75) is 38.9 Å². The topological polar surface area (TPSA) is 0 Å². The van der Waals surface area contributed by atoms with Crippen molar-refractivity contribution in [2.24, 2.45) is 0 Å². The smallest absolute Gasteiger partial charge is 0.117 e. The Labute approximate surface area is 94.9 Å². The van der Waals surface area contributed by atoms with Crippen LogP contribution in [-0.2, 0) is 0 Å². The molecule has 0 fully saturated rings. The van der Waals surface area contributed by atoms with Crippen LogP contribution in [-0.4, -0.2) is 8.07 Å². The number of hydrogen-bond acceptors (Lipinski definition) is 0. The maximum absolute atomic E-state index is 4.96. The van der Waals surface area contributed by atoms with Crippen LogP contribution in [0.15, 0.2) is 0 Å². The van der Waals surface area contributed by atoms with Gasteiger partial charge in [0.15, 0.2) is 0 Å². The molecule has 0 aromatic rings. The van der Waals surface area contributed by atoms with E-state index in [4.69, 9.17) is 6.42 Å². The zero-order valence-corrected chi connectivity index (χ0v) is 10.7. The Hall–Kier alpha value is -1.54. The first-order chi connectivity index (χ1) is 7.24. The number of hydrogen-bond donors (Lipinski definition) is 0. The van der Waals surface area contributed by atoms with Gasteiger partial charge in [-0.1, -0.05) is 20.8 Å². The lowest BCUT2D eigenvalue weighted by Gasteiger charge is -2.19. The maximum Gasteiger partial charge on any atom is 0.139 e. The van der Waals surface area contributed by atoms with Crippen LogP contribution >= 0.6 is 0 Å². The van der Waals surface area contributed by atoms with Crippen LogP contribution in [0, 0.1) is 47.5 Å². The Kier molecular flexibility index (Phi) is 7.02. The van der Waals surface area contributed by atoms with Crippen LogP contribution in [0.1, 0.15) is 20.8 Å². The molecule has 0 radical (unpaired) electrons. The summed E-state index contributed by atoms with van der Waals surface area (Å²) in [5, 5.41) is 0. The molecule has 0 nitrogen and oxygen atoms in total. The van der Waals surface area contributed by atoms with E-state index in [0.29, 0.717) is 0 Å². The third-order valence-electron chi connectivity index (χ3n) is 2.68. The van der Waals surface area contributed by atoms with E-state index >= 15 is 0 Å². The summed E-state index contributed by atoms with van der Waals surface area (Å²) in [5.41, 5.74) is 3.36. The summed E-state index contributed by atoms with van der Waals surface area (Å²) in [5.74, 6) is 15.5. The summed E-state index contributed by atoms with van der Waals surface area (Å²) < 4.78 is 0. The monoisotopic (exact) mass is 212 g/mol. The van der Waals surface area contributed by atoms with Gasteiger partial charge in [-0.2, -0.15) is 0 Å². The summed E-state index contributed by atoms with van der Waals surface area (Å²) in [6.07, 6.45) is 4.96. The van der Waals surface area contributed by atoms with Gasteiger partial charge in [0, 0.05) is 0 Å². The second-order valence-corrected chi connectivity index (χ2v) is 8.17. The lowest BCUT2D eigenvalue weighted by atomic mass is 10.5. The first kappa shape index (κ1) is 13.5. The van der Waals surface area contributed by atoms with Crippen molar-refractivity contribution in [2.75, 3.05) is 0 Å². The molecular weight excluding hydrogens is 196 g/mol. The Balaban J connectivity index is 4.61.